The highest BCUT2D eigenvalue weighted by molar-refractivity contribution is 5.79. The Kier molecular flexibility index (Phi) is 5.16. The molecule has 0 saturated carbocycles. The smallest absolute Gasteiger partial charge is 0.158 e. The van der Waals surface area contributed by atoms with E-state index in [9.17, 15) is 4.79 Å². The summed E-state index contributed by atoms with van der Waals surface area (Å²) in [6.45, 7) is 2.05. The molecule has 0 radical (unpaired) electrons. The number of hydrogen-bond donors (Lipinski definition) is 1. The Labute approximate surface area is 61.0 Å². The minimum atomic E-state index is 0.0454. The van der Waals surface area contributed by atoms with Gasteiger partial charge in [-0.15, -0.1) is 0 Å². The topological polar surface area (TPSA) is 46.5 Å². The van der Waals surface area contributed by atoms with Crippen LogP contribution in [0.4, 0.5) is 0 Å². The number of ketones is 1. The summed E-state index contributed by atoms with van der Waals surface area (Å²) in [5, 5.41) is 8.56. The normalized spacial score (nSPS) is 13.1. The average molecular weight is 146 g/mol. The summed E-state index contributed by atoms with van der Waals surface area (Å²) in [4.78, 5) is 10.8. The molecule has 0 bridgehead atoms. The Hall–Kier alpha value is -0.410. The van der Waals surface area contributed by atoms with Gasteiger partial charge in [0.15, 0.2) is 5.78 Å². The molecule has 0 fully saturated rings. The molecule has 3 heteroatoms. The summed E-state index contributed by atoms with van der Waals surface area (Å²) in [7, 11) is 1.49. The van der Waals surface area contributed by atoms with Crippen LogP contribution < -0.4 is 0 Å². The summed E-state index contributed by atoms with van der Waals surface area (Å²) in [6, 6.07) is 0. The van der Waals surface area contributed by atoms with E-state index in [1.807, 2.05) is 6.92 Å². The molecule has 0 aromatic heterocycles. The number of Topliss-reactive ketones (excluding diaryl/α,β-unsaturated/α-hetero) is 1. The van der Waals surface area contributed by atoms with Crippen molar-refractivity contribution < 1.29 is 14.6 Å². The molecule has 0 aromatic rings. The summed E-state index contributed by atoms with van der Waals surface area (Å²) in [5.74, 6) is 0.103. The third-order valence-corrected chi connectivity index (χ3v) is 1.19. The maximum Gasteiger partial charge on any atom is 0.158 e. The van der Waals surface area contributed by atoms with Crippen LogP contribution in [-0.4, -0.2) is 31.2 Å². The molecule has 0 spiro atoms. The number of ether oxygens (including phenoxy) is 1. The molecule has 0 aliphatic carbocycles. The Morgan fingerprint density at radius 1 is 1.70 bits per heavy atom. The van der Waals surface area contributed by atoms with Gasteiger partial charge in [0.1, 0.15) is 6.61 Å². The van der Waals surface area contributed by atoms with Crippen LogP contribution in [0.2, 0.25) is 0 Å². The monoisotopic (exact) mass is 146 g/mol. The van der Waals surface area contributed by atoms with Crippen LogP contribution in [0.5, 0.6) is 0 Å². The second-order valence-electron chi connectivity index (χ2n) is 2.46. The van der Waals surface area contributed by atoms with Gasteiger partial charge in [-0.05, 0) is 5.92 Å². The third kappa shape index (κ3) is 4.47. The van der Waals surface area contributed by atoms with E-state index in [1.165, 1.54) is 7.11 Å². The molecule has 0 heterocycles. The van der Waals surface area contributed by atoms with Gasteiger partial charge in [-0.25, -0.2) is 0 Å². The van der Waals surface area contributed by atoms with Crippen LogP contribution in [-0.2, 0) is 9.53 Å². The lowest BCUT2D eigenvalue weighted by molar-refractivity contribution is -0.123. The molecule has 1 N–H and O–H groups in total. The lowest BCUT2D eigenvalue weighted by Gasteiger charge is -2.04. The van der Waals surface area contributed by atoms with Gasteiger partial charge in [0.05, 0.1) is 0 Å². The zero-order valence-corrected chi connectivity index (χ0v) is 6.46. The first kappa shape index (κ1) is 9.59. The first-order valence-electron chi connectivity index (χ1n) is 3.32. The number of hydrogen-bond acceptors (Lipinski definition) is 3. The van der Waals surface area contributed by atoms with Gasteiger partial charge in [0.2, 0.25) is 0 Å². The zero-order chi connectivity index (χ0) is 7.98. The number of carbonyl (C=O) groups is 1. The van der Waals surface area contributed by atoms with Crippen molar-refractivity contribution in [1.82, 2.24) is 0 Å². The minimum Gasteiger partial charge on any atom is -0.396 e. The molecule has 0 saturated heterocycles. The van der Waals surface area contributed by atoms with E-state index in [-0.39, 0.29) is 24.9 Å². The highest BCUT2D eigenvalue weighted by Crippen LogP contribution is 2.00. The van der Waals surface area contributed by atoms with Gasteiger partial charge in [0.25, 0.3) is 0 Å². The fraction of sp³-hybridized carbons (Fsp3) is 0.857. The molecule has 0 rings (SSSR count). The standard InChI is InChI=1S/C7H14O3/c1-6(4-8)3-7(9)5-10-2/h6,8H,3-5H2,1-2H3. The molecule has 0 aromatic carbocycles. The Balaban J connectivity index is 3.37. The molecular weight excluding hydrogens is 132 g/mol. The van der Waals surface area contributed by atoms with Crippen LogP contribution in [0.1, 0.15) is 13.3 Å². The van der Waals surface area contributed by atoms with E-state index in [4.69, 9.17) is 5.11 Å². The van der Waals surface area contributed by atoms with Gasteiger partial charge in [0, 0.05) is 20.1 Å². The van der Waals surface area contributed by atoms with E-state index in [0.717, 1.165) is 0 Å². The number of carbonyl (C=O) groups excluding carboxylic acids is 1. The number of aliphatic hydroxyl groups is 1. The average Bonchev–Trinajstić information content (AvgIpc) is 1.88. The van der Waals surface area contributed by atoms with E-state index in [1.54, 1.807) is 0 Å². The lowest BCUT2D eigenvalue weighted by atomic mass is 10.1. The van der Waals surface area contributed by atoms with Crippen LogP contribution >= 0.6 is 0 Å². The molecular formula is C7H14O3. The molecule has 60 valence electrons. The predicted molar refractivity (Wildman–Crippen MR) is 37.7 cm³/mol. The molecule has 1 atom stereocenters. The lowest BCUT2D eigenvalue weighted by Crippen LogP contribution is -2.13. The van der Waals surface area contributed by atoms with Crippen molar-refractivity contribution in [2.75, 3.05) is 20.3 Å². The van der Waals surface area contributed by atoms with E-state index < -0.39 is 0 Å². The van der Waals surface area contributed by atoms with Crippen molar-refractivity contribution in [1.29, 1.82) is 0 Å². The van der Waals surface area contributed by atoms with Crippen molar-refractivity contribution in [3.63, 3.8) is 0 Å². The maximum atomic E-state index is 10.8. The first-order valence-corrected chi connectivity index (χ1v) is 3.32. The van der Waals surface area contributed by atoms with Gasteiger partial charge in [-0.1, -0.05) is 6.92 Å². The number of aliphatic hydroxyl groups excluding tert-OH is 1. The van der Waals surface area contributed by atoms with E-state index in [0.29, 0.717) is 6.42 Å². The summed E-state index contributed by atoms with van der Waals surface area (Å²) in [6.07, 6.45) is 0.407. The van der Waals surface area contributed by atoms with Gasteiger partial charge < -0.3 is 9.84 Å². The van der Waals surface area contributed by atoms with Crippen LogP contribution in [0, 0.1) is 5.92 Å². The maximum absolute atomic E-state index is 10.8. The Bertz CT molecular complexity index is 101. The van der Waals surface area contributed by atoms with Gasteiger partial charge in [-0.3, -0.25) is 4.79 Å². The Morgan fingerprint density at radius 3 is 2.70 bits per heavy atom. The fourth-order valence-corrected chi connectivity index (χ4v) is 0.673. The Morgan fingerprint density at radius 2 is 2.30 bits per heavy atom. The summed E-state index contributed by atoms with van der Waals surface area (Å²) >= 11 is 0. The molecule has 1 unspecified atom stereocenters. The van der Waals surface area contributed by atoms with Gasteiger partial charge in [-0.2, -0.15) is 0 Å². The largest absolute Gasteiger partial charge is 0.396 e. The van der Waals surface area contributed by atoms with Crippen molar-refractivity contribution in [2.24, 2.45) is 5.92 Å². The van der Waals surface area contributed by atoms with Crippen molar-refractivity contribution >= 4 is 5.78 Å². The summed E-state index contributed by atoms with van der Waals surface area (Å²) < 4.78 is 4.62. The summed E-state index contributed by atoms with van der Waals surface area (Å²) in [5.41, 5.74) is 0. The third-order valence-electron chi connectivity index (χ3n) is 1.19. The molecule has 10 heavy (non-hydrogen) atoms. The second kappa shape index (κ2) is 5.38. The van der Waals surface area contributed by atoms with Crippen molar-refractivity contribution in [2.45, 2.75) is 13.3 Å². The first-order chi connectivity index (χ1) is 4.70. The highest BCUT2D eigenvalue weighted by Gasteiger charge is 2.06. The SMILES string of the molecule is COCC(=O)CC(C)CO. The fourth-order valence-electron chi connectivity index (χ4n) is 0.673. The zero-order valence-electron chi connectivity index (χ0n) is 6.46. The van der Waals surface area contributed by atoms with Crippen LogP contribution in [0.25, 0.3) is 0 Å². The predicted octanol–water partition coefficient (Wildman–Crippen LogP) is 0.220. The van der Waals surface area contributed by atoms with Crippen molar-refractivity contribution in [3.05, 3.63) is 0 Å². The van der Waals surface area contributed by atoms with Crippen LogP contribution in [0.15, 0.2) is 0 Å². The minimum absolute atomic E-state index is 0.0454. The van der Waals surface area contributed by atoms with Gasteiger partial charge >= 0.3 is 0 Å². The molecule has 0 aliphatic rings. The molecule has 0 aliphatic heterocycles. The molecule has 0 amide bonds. The second-order valence-corrected chi connectivity index (χ2v) is 2.46. The molecule has 3 nitrogen and oxygen atoms in total. The quantitative estimate of drug-likeness (QED) is 0.603. The highest BCUT2D eigenvalue weighted by atomic mass is 16.5. The van der Waals surface area contributed by atoms with Crippen molar-refractivity contribution in [3.8, 4) is 0 Å². The van der Waals surface area contributed by atoms with Crippen LogP contribution in [0.3, 0.4) is 0 Å². The number of methoxy groups -OCH3 is 1. The van der Waals surface area contributed by atoms with E-state index in [2.05, 4.69) is 4.74 Å². The van der Waals surface area contributed by atoms with E-state index >= 15 is 0 Å². The number of rotatable bonds is 5.